The quantitative estimate of drug-likeness (QED) is 0.0228. The number of unbranched alkanes of at least 4 members (excludes halogenated alkanes) is 28. The molecule has 3 N–H and O–H groups in total. The molecule has 0 aromatic heterocycles. The minimum absolute atomic E-state index is 0.0548. The first-order valence-corrected chi connectivity index (χ1v) is 31.9. The zero-order valence-corrected chi connectivity index (χ0v) is 50.1. The number of allylic oxidation sites excluding steroid dienone is 12. The lowest BCUT2D eigenvalue weighted by Crippen LogP contribution is -2.61. The van der Waals surface area contributed by atoms with Gasteiger partial charge in [-0.1, -0.05) is 229 Å². The van der Waals surface area contributed by atoms with Crippen molar-refractivity contribution in [2.75, 3.05) is 13.2 Å². The van der Waals surface area contributed by atoms with Crippen LogP contribution in [-0.4, -0.2) is 89.2 Å². The van der Waals surface area contributed by atoms with E-state index in [1.807, 2.05) is 0 Å². The number of hydrogen-bond donors (Lipinski definition) is 3. The molecular formula is C67H114O12. The minimum atomic E-state index is -1.91. The third-order valence-corrected chi connectivity index (χ3v) is 14.2. The predicted octanol–water partition coefficient (Wildman–Crippen LogP) is 16.9. The van der Waals surface area contributed by atoms with Crippen molar-refractivity contribution >= 4 is 23.9 Å². The topological polar surface area (TPSA) is 175 Å². The van der Waals surface area contributed by atoms with Crippen LogP contribution in [0.4, 0.5) is 0 Å². The molecule has 0 aliphatic carbocycles. The minimum Gasteiger partial charge on any atom is -0.479 e. The third kappa shape index (κ3) is 44.5. The molecule has 0 bridgehead atoms. The lowest BCUT2D eigenvalue weighted by atomic mass is 9.98. The monoisotopic (exact) mass is 1110 g/mol. The maximum absolute atomic E-state index is 13.2. The van der Waals surface area contributed by atoms with Crippen LogP contribution in [0.5, 0.6) is 0 Å². The highest BCUT2D eigenvalue weighted by atomic mass is 16.7. The molecule has 1 saturated heterocycles. The van der Waals surface area contributed by atoms with E-state index < -0.39 is 67.3 Å². The van der Waals surface area contributed by atoms with Crippen molar-refractivity contribution in [3.05, 3.63) is 72.9 Å². The fraction of sp³-hybridized carbons (Fsp3) is 0.761. The van der Waals surface area contributed by atoms with E-state index >= 15 is 0 Å². The summed E-state index contributed by atoms with van der Waals surface area (Å²) in [6.45, 7) is 5.82. The van der Waals surface area contributed by atoms with Crippen LogP contribution in [0.25, 0.3) is 0 Å². The van der Waals surface area contributed by atoms with Gasteiger partial charge in [0.25, 0.3) is 0 Å². The van der Waals surface area contributed by atoms with Crippen molar-refractivity contribution in [3.63, 3.8) is 0 Å². The Morgan fingerprint density at radius 3 is 1.28 bits per heavy atom. The molecule has 0 radical (unpaired) electrons. The van der Waals surface area contributed by atoms with Crippen LogP contribution in [-0.2, 0) is 42.9 Å². The van der Waals surface area contributed by atoms with Gasteiger partial charge >= 0.3 is 23.9 Å². The summed E-state index contributed by atoms with van der Waals surface area (Å²) >= 11 is 0. The van der Waals surface area contributed by atoms with Gasteiger partial charge in [-0.15, -0.1) is 0 Å². The molecule has 1 fully saturated rings. The molecule has 0 aromatic rings. The molecule has 1 heterocycles. The molecule has 0 saturated carbocycles. The summed E-state index contributed by atoms with van der Waals surface area (Å²) in [6.07, 6.45) is 57.2. The Morgan fingerprint density at radius 1 is 0.430 bits per heavy atom. The highest BCUT2D eigenvalue weighted by Crippen LogP contribution is 2.27. The second-order valence-corrected chi connectivity index (χ2v) is 21.7. The number of carbonyl (C=O) groups is 4. The number of aliphatic carboxylic acids is 1. The van der Waals surface area contributed by atoms with Crippen LogP contribution in [0.2, 0.25) is 0 Å². The maximum Gasteiger partial charge on any atom is 0.335 e. The van der Waals surface area contributed by atoms with Crippen LogP contribution in [0.3, 0.4) is 0 Å². The van der Waals surface area contributed by atoms with Crippen LogP contribution < -0.4 is 0 Å². The van der Waals surface area contributed by atoms with Crippen LogP contribution in [0.15, 0.2) is 72.9 Å². The first-order valence-electron chi connectivity index (χ1n) is 31.9. The number of hydrogen-bond acceptors (Lipinski definition) is 11. The summed E-state index contributed by atoms with van der Waals surface area (Å²) in [4.78, 5) is 51.3. The van der Waals surface area contributed by atoms with E-state index in [0.717, 1.165) is 141 Å². The molecule has 0 spiro atoms. The standard InChI is InChI=1S/C67H114O12/c1-4-7-10-13-16-19-22-25-27-29-30-32-34-37-40-43-46-49-52-55-61(70)78-65-63(72)62(71)64(66(73)74)79-67(65)76-57-58(77-60(69)54-51-48-45-42-39-35-24-21-18-15-12-9-6-3)56-75-59(68)53-50-47-44-41-38-36-33-31-28-26-23-20-17-14-11-8-5-2/h8,11-12,15,17,20-21,24-28,58,62-65,67,71-72H,4-7,9-10,13-14,16,18-19,22-23,29-57H2,1-3H3,(H,73,74)/b11-8-,15-12-,20-17-,24-21-,27-25-,28-26-. The summed E-state index contributed by atoms with van der Waals surface area (Å²) < 4.78 is 28.5. The second kappa shape index (κ2) is 54.7. The first-order chi connectivity index (χ1) is 38.6. The number of aliphatic hydroxyl groups excluding tert-OH is 2. The average Bonchev–Trinajstić information content (AvgIpc) is 3.47. The molecule has 12 nitrogen and oxygen atoms in total. The zero-order chi connectivity index (χ0) is 57.5. The predicted molar refractivity (Wildman–Crippen MR) is 322 cm³/mol. The van der Waals surface area contributed by atoms with Crippen molar-refractivity contribution in [1.29, 1.82) is 0 Å². The molecule has 0 amide bonds. The molecule has 1 aliphatic heterocycles. The third-order valence-electron chi connectivity index (χ3n) is 14.2. The largest absolute Gasteiger partial charge is 0.479 e. The van der Waals surface area contributed by atoms with Crippen LogP contribution in [0, 0.1) is 0 Å². The van der Waals surface area contributed by atoms with Gasteiger partial charge < -0.3 is 39.0 Å². The summed E-state index contributed by atoms with van der Waals surface area (Å²) in [5.74, 6) is -3.14. The van der Waals surface area contributed by atoms with Gasteiger partial charge in [0.05, 0.1) is 6.61 Å². The summed E-state index contributed by atoms with van der Waals surface area (Å²) in [7, 11) is 0. The van der Waals surface area contributed by atoms with E-state index in [1.165, 1.54) is 77.0 Å². The van der Waals surface area contributed by atoms with Gasteiger partial charge in [-0.25, -0.2) is 4.79 Å². The summed E-state index contributed by atoms with van der Waals surface area (Å²) in [5.41, 5.74) is 0. The molecular weight excluding hydrogens is 997 g/mol. The maximum atomic E-state index is 13.2. The molecule has 6 unspecified atom stereocenters. The lowest BCUT2D eigenvalue weighted by molar-refractivity contribution is -0.301. The fourth-order valence-corrected chi connectivity index (χ4v) is 9.36. The van der Waals surface area contributed by atoms with Gasteiger partial charge in [-0.05, 0) is 103 Å². The van der Waals surface area contributed by atoms with Crippen molar-refractivity contribution in [2.45, 2.75) is 314 Å². The highest BCUT2D eigenvalue weighted by Gasteiger charge is 2.50. The Bertz CT molecular complexity index is 1650. The van der Waals surface area contributed by atoms with Gasteiger partial charge in [0.1, 0.15) is 18.8 Å². The van der Waals surface area contributed by atoms with E-state index in [0.29, 0.717) is 19.3 Å². The number of carbonyl (C=O) groups excluding carboxylic acids is 3. The Kier molecular flexibility index (Phi) is 50.7. The Balaban J connectivity index is 2.65. The Labute approximate surface area is 480 Å². The number of aliphatic hydroxyl groups is 2. The molecule has 6 atom stereocenters. The van der Waals surface area contributed by atoms with Crippen molar-refractivity contribution < 1.29 is 58.2 Å². The summed E-state index contributed by atoms with van der Waals surface area (Å²) in [5, 5.41) is 31.6. The highest BCUT2D eigenvalue weighted by molar-refractivity contribution is 5.74. The molecule has 12 heteroatoms. The van der Waals surface area contributed by atoms with Gasteiger partial charge in [0, 0.05) is 19.3 Å². The van der Waals surface area contributed by atoms with E-state index in [4.69, 9.17) is 23.7 Å². The van der Waals surface area contributed by atoms with Gasteiger partial charge in [-0.2, -0.15) is 0 Å². The molecule has 79 heavy (non-hydrogen) atoms. The molecule has 0 aromatic carbocycles. The van der Waals surface area contributed by atoms with Crippen LogP contribution in [0.1, 0.15) is 278 Å². The first kappa shape index (κ1) is 73.2. The Hall–Kier alpha value is -3.84. The second-order valence-electron chi connectivity index (χ2n) is 21.7. The average molecular weight is 1110 g/mol. The van der Waals surface area contributed by atoms with E-state index in [9.17, 15) is 34.5 Å². The molecule has 454 valence electrons. The van der Waals surface area contributed by atoms with E-state index in [-0.39, 0.29) is 25.9 Å². The van der Waals surface area contributed by atoms with Crippen molar-refractivity contribution in [3.8, 4) is 0 Å². The SMILES string of the molecule is CC/C=C\C/C=C\C/C=C\CCCCCCCCCC(=O)OCC(COC1OC(C(=O)O)C(O)C(O)C1OC(=O)CCCCCCCCCCC/C=C\CCCCCCCC)OC(=O)CCCCCCC/C=C\C/C=C\CCC. The van der Waals surface area contributed by atoms with Crippen molar-refractivity contribution in [2.24, 2.45) is 0 Å². The lowest BCUT2D eigenvalue weighted by Gasteiger charge is -2.40. The number of carboxylic acid groups (broad SMARTS) is 1. The van der Waals surface area contributed by atoms with Gasteiger partial charge in [0.15, 0.2) is 24.6 Å². The van der Waals surface area contributed by atoms with E-state index in [1.54, 1.807) is 0 Å². The zero-order valence-electron chi connectivity index (χ0n) is 50.1. The van der Waals surface area contributed by atoms with E-state index in [2.05, 4.69) is 93.7 Å². The Morgan fingerprint density at radius 2 is 0.823 bits per heavy atom. The number of esters is 3. The number of ether oxygens (including phenoxy) is 5. The number of carboxylic acids is 1. The normalized spacial score (nSPS) is 18.3. The van der Waals surface area contributed by atoms with Crippen molar-refractivity contribution in [1.82, 2.24) is 0 Å². The summed E-state index contributed by atoms with van der Waals surface area (Å²) in [6, 6.07) is 0. The smallest absolute Gasteiger partial charge is 0.335 e. The van der Waals surface area contributed by atoms with Gasteiger partial charge in [0.2, 0.25) is 0 Å². The molecule has 1 rings (SSSR count). The molecule has 1 aliphatic rings. The fourth-order valence-electron chi connectivity index (χ4n) is 9.36. The van der Waals surface area contributed by atoms with Crippen LogP contribution >= 0.6 is 0 Å². The van der Waals surface area contributed by atoms with Gasteiger partial charge in [-0.3, -0.25) is 14.4 Å². The number of rotatable bonds is 54.